The summed E-state index contributed by atoms with van der Waals surface area (Å²) in [5.74, 6) is 0. The van der Waals surface area contributed by atoms with Gasteiger partial charge < -0.3 is 10.6 Å². The van der Waals surface area contributed by atoms with Gasteiger partial charge in [0.2, 0.25) is 0 Å². The molecule has 0 bridgehead atoms. The minimum atomic E-state index is -0.305. The molecule has 92 valence electrons. The molecule has 1 heterocycles. The second kappa shape index (κ2) is 6.39. The molecular weight excluding hydrogens is 220 g/mol. The number of aromatic nitrogens is 3. The van der Waals surface area contributed by atoms with Gasteiger partial charge >= 0.3 is 0 Å². The van der Waals surface area contributed by atoms with Crippen molar-refractivity contribution in [3.8, 4) is 0 Å². The molecule has 0 amide bonds. The summed E-state index contributed by atoms with van der Waals surface area (Å²) in [5, 5.41) is 17.5. The van der Waals surface area contributed by atoms with E-state index in [9.17, 15) is 0 Å². The molecule has 1 aromatic rings. The van der Waals surface area contributed by atoms with Gasteiger partial charge in [0.25, 0.3) is 0 Å². The second-order valence-electron chi connectivity index (χ2n) is 3.43. The molecule has 0 fully saturated rings. The molecule has 0 aromatic carbocycles. The van der Waals surface area contributed by atoms with Crippen LogP contribution < -0.4 is 10.6 Å². The fourth-order valence-electron chi connectivity index (χ4n) is 1.26. The van der Waals surface area contributed by atoms with E-state index in [1.807, 2.05) is 20.3 Å². The number of azide groups is 1. The predicted molar refractivity (Wildman–Crippen MR) is 63.8 cm³/mol. The smallest absolute Gasteiger partial charge is 0.0913 e. The highest BCUT2D eigenvalue weighted by molar-refractivity contribution is 5.02. The summed E-state index contributed by atoms with van der Waals surface area (Å²) in [6.45, 7) is 2.35. The molecule has 8 heteroatoms. The molecule has 17 heavy (non-hydrogen) atoms. The van der Waals surface area contributed by atoms with Gasteiger partial charge in [-0.2, -0.15) is 0 Å². The average Bonchev–Trinajstić information content (AvgIpc) is 2.77. The Labute approximate surface area is 99.3 Å². The Morgan fingerprint density at radius 1 is 1.71 bits per heavy atom. The zero-order chi connectivity index (χ0) is 12.7. The van der Waals surface area contributed by atoms with E-state index in [0.29, 0.717) is 12.2 Å². The number of nitrogens with zero attached hydrogens (tertiary/aromatic N) is 6. The maximum atomic E-state index is 8.33. The number of nitrogens with one attached hydrogen (secondary N) is 2. The van der Waals surface area contributed by atoms with E-state index in [-0.39, 0.29) is 6.04 Å². The van der Waals surface area contributed by atoms with E-state index in [4.69, 9.17) is 5.53 Å². The summed E-state index contributed by atoms with van der Waals surface area (Å²) < 4.78 is 1.68. The largest absolute Gasteiger partial charge is 0.393 e. The van der Waals surface area contributed by atoms with Gasteiger partial charge in [-0.05, 0) is 5.53 Å². The van der Waals surface area contributed by atoms with E-state index in [1.54, 1.807) is 17.8 Å². The van der Waals surface area contributed by atoms with Gasteiger partial charge in [-0.3, -0.25) is 0 Å². The molecule has 0 saturated carbocycles. The van der Waals surface area contributed by atoms with Gasteiger partial charge in [-0.15, -0.1) is 5.10 Å². The Hall–Kier alpha value is -2.21. The van der Waals surface area contributed by atoms with Crippen LogP contribution in [0.2, 0.25) is 0 Å². The van der Waals surface area contributed by atoms with Crippen LogP contribution in [0.1, 0.15) is 18.7 Å². The lowest BCUT2D eigenvalue weighted by molar-refractivity contribution is 0.615. The van der Waals surface area contributed by atoms with Crippen molar-refractivity contribution in [3.05, 3.63) is 34.2 Å². The molecule has 0 aliphatic heterocycles. The molecular formula is C9H16N8. The van der Waals surface area contributed by atoms with E-state index in [2.05, 4.69) is 31.0 Å². The van der Waals surface area contributed by atoms with Crippen molar-refractivity contribution in [1.29, 1.82) is 0 Å². The fraction of sp³-hybridized carbons (Fsp3) is 0.556. The number of hydrogen-bond acceptors (Lipinski definition) is 5. The van der Waals surface area contributed by atoms with Crippen LogP contribution in [0.3, 0.4) is 0 Å². The standard InChI is InChI=1S/C9H16N8/c1-7(13-15-10)9-6-17(16-14-9)5-8(12-3)4-11-2/h4,6-7,11-12H,5H2,1-3H3/b8-4-. The second-order valence-corrected chi connectivity index (χ2v) is 3.43. The first-order valence-corrected chi connectivity index (χ1v) is 5.19. The minimum Gasteiger partial charge on any atom is -0.393 e. The maximum Gasteiger partial charge on any atom is 0.0913 e. The topological polar surface area (TPSA) is 104 Å². The monoisotopic (exact) mass is 236 g/mol. The normalized spacial score (nSPS) is 12.8. The van der Waals surface area contributed by atoms with Crippen molar-refractivity contribution in [3.63, 3.8) is 0 Å². The zero-order valence-electron chi connectivity index (χ0n) is 10.1. The number of likely N-dealkylation sites (N-methyl/N-ethyl adjacent to an activating group) is 1. The zero-order valence-corrected chi connectivity index (χ0v) is 10.1. The minimum absolute atomic E-state index is 0.305. The highest BCUT2D eigenvalue weighted by atomic mass is 15.4. The molecule has 8 nitrogen and oxygen atoms in total. The maximum absolute atomic E-state index is 8.33. The van der Waals surface area contributed by atoms with Crippen LogP contribution in [-0.2, 0) is 6.54 Å². The number of allylic oxidation sites excluding steroid dienone is 1. The van der Waals surface area contributed by atoms with Crippen molar-refractivity contribution >= 4 is 0 Å². The summed E-state index contributed by atoms with van der Waals surface area (Å²) in [4.78, 5) is 2.74. The van der Waals surface area contributed by atoms with E-state index < -0.39 is 0 Å². The van der Waals surface area contributed by atoms with E-state index in [0.717, 1.165) is 5.70 Å². The Kier molecular flexibility index (Phi) is 4.83. The molecule has 1 atom stereocenters. The van der Waals surface area contributed by atoms with Crippen molar-refractivity contribution in [2.45, 2.75) is 19.5 Å². The summed E-state index contributed by atoms with van der Waals surface area (Å²) in [6, 6.07) is -0.305. The molecule has 1 aromatic heterocycles. The molecule has 2 N–H and O–H groups in total. The SMILES string of the molecule is CN/C=C(/Cn1cc(C(C)N=[N+]=[N-])nn1)NC. The molecule has 0 radical (unpaired) electrons. The molecule has 0 aliphatic carbocycles. The van der Waals surface area contributed by atoms with Crippen LogP contribution in [0.4, 0.5) is 0 Å². The average molecular weight is 236 g/mol. The molecule has 0 aliphatic rings. The number of hydrogen-bond donors (Lipinski definition) is 2. The summed E-state index contributed by atoms with van der Waals surface area (Å²) >= 11 is 0. The van der Waals surface area contributed by atoms with Crippen molar-refractivity contribution in [2.75, 3.05) is 14.1 Å². The Morgan fingerprint density at radius 2 is 2.47 bits per heavy atom. The first kappa shape index (κ1) is 12.9. The van der Waals surface area contributed by atoms with Gasteiger partial charge in [-0.25, -0.2) is 4.68 Å². The van der Waals surface area contributed by atoms with Crippen LogP contribution in [0.25, 0.3) is 10.4 Å². The summed E-state index contributed by atoms with van der Waals surface area (Å²) in [6.07, 6.45) is 3.61. The highest BCUT2D eigenvalue weighted by Crippen LogP contribution is 2.12. The molecule has 1 rings (SSSR count). The van der Waals surface area contributed by atoms with Crippen molar-refractivity contribution in [1.82, 2.24) is 25.6 Å². The van der Waals surface area contributed by atoms with Crippen molar-refractivity contribution in [2.24, 2.45) is 5.11 Å². The Bertz CT molecular complexity index is 428. The third-order valence-electron chi connectivity index (χ3n) is 2.18. The van der Waals surface area contributed by atoms with Crippen LogP contribution in [0, 0.1) is 0 Å². The van der Waals surface area contributed by atoms with Gasteiger partial charge in [-0.1, -0.05) is 17.3 Å². The van der Waals surface area contributed by atoms with E-state index >= 15 is 0 Å². The molecule has 1 unspecified atom stereocenters. The third-order valence-corrected chi connectivity index (χ3v) is 2.18. The highest BCUT2D eigenvalue weighted by Gasteiger charge is 2.08. The molecule has 0 spiro atoms. The fourth-order valence-corrected chi connectivity index (χ4v) is 1.26. The van der Waals surface area contributed by atoms with E-state index in [1.165, 1.54) is 0 Å². The van der Waals surface area contributed by atoms with Crippen molar-refractivity contribution < 1.29 is 0 Å². The Morgan fingerprint density at radius 3 is 3.06 bits per heavy atom. The Balaban J connectivity index is 2.74. The lowest BCUT2D eigenvalue weighted by Crippen LogP contribution is -2.16. The number of rotatable bonds is 6. The van der Waals surface area contributed by atoms with Gasteiger partial charge in [0.05, 0.1) is 18.3 Å². The first-order chi connectivity index (χ1) is 8.21. The molecule has 0 saturated heterocycles. The lowest BCUT2D eigenvalue weighted by Gasteiger charge is -2.05. The van der Waals surface area contributed by atoms with Gasteiger partial charge in [0.1, 0.15) is 0 Å². The first-order valence-electron chi connectivity index (χ1n) is 5.19. The quantitative estimate of drug-likeness (QED) is 0.435. The van der Waals surface area contributed by atoms with Crippen LogP contribution in [-0.4, -0.2) is 29.1 Å². The summed E-state index contributed by atoms with van der Waals surface area (Å²) in [5.41, 5.74) is 9.96. The predicted octanol–water partition coefficient (Wildman–Crippen LogP) is 0.930. The summed E-state index contributed by atoms with van der Waals surface area (Å²) in [7, 11) is 3.66. The van der Waals surface area contributed by atoms with Gasteiger partial charge in [0.15, 0.2) is 0 Å². The third kappa shape index (κ3) is 3.69. The van der Waals surface area contributed by atoms with Crippen LogP contribution in [0.15, 0.2) is 23.2 Å². The van der Waals surface area contributed by atoms with Gasteiger partial charge in [0, 0.05) is 37.1 Å². The van der Waals surface area contributed by atoms with Crippen LogP contribution in [0.5, 0.6) is 0 Å². The lowest BCUT2D eigenvalue weighted by atomic mass is 10.3. The van der Waals surface area contributed by atoms with Crippen LogP contribution >= 0.6 is 0 Å².